The predicted octanol–water partition coefficient (Wildman–Crippen LogP) is 1.70. The SMILES string of the molecule is Cc1cccn2cc(CC(=O)NCCN3CCCCCC3=O)nc12. The average molecular weight is 328 g/mol. The van der Waals surface area contributed by atoms with Crippen LogP contribution < -0.4 is 5.32 Å². The van der Waals surface area contributed by atoms with Crippen molar-refractivity contribution in [2.45, 2.75) is 39.0 Å². The van der Waals surface area contributed by atoms with Crippen LogP contribution in [0, 0.1) is 6.92 Å². The normalized spacial score (nSPS) is 15.5. The van der Waals surface area contributed by atoms with Crippen LogP contribution in [-0.4, -0.2) is 45.7 Å². The fourth-order valence-corrected chi connectivity index (χ4v) is 3.12. The molecule has 6 heteroatoms. The molecule has 0 spiro atoms. The van der Waals surface area contributed by atoms with Gasteiger partial charge in [-0.3, -0.25) is 9.59 Å². The summed E-state index contributed by atoms with van der Waals surface area (Å²) in [5, 5.41) is 2.90. The molecule has 0 atom stereocenters. The van der Waals surface area contributed by atoms with E-state index in [2.05, 4.69) is 10.3 Å². The van der Waals surface area contributed by atoms with Gasteiger partial charge in [0.25, 0.3) is 0 Å². The molecule has 2 amide bonds. The number of imidazole rings is 1. The van der Waals surface area contributed by atoms with E-state index in [-0.39, 0.29) is 18.2 Å². The van der Waals surface area contributed by atoms with Crippen molar-refractivity contribution in [3.8, 4) is 0 Å². The summed E-state index contributed by atoms with van der Waals surface area (Å²) >= 11 is 0. The third kappa shape index (κ3) is 3.93. The molecule has 3 rings (SSSR count). The number of carbonyl (C=O) groups excluding carboxylic acids is 2. The van der Waals surface area contributed by atoms with Crippen LogP contribution in [-0.2, 0) is 16.0 Å². The number of hydrogen-bond acceptors (Lipinski definition) is 3. The first-order chi connectivity index (χ1) is 11.6. The number of hydrogen-bond donors (Lipinski definition) is 1. The van der Waals surface area contributed by atoms with Gasteiger partial charge in [-0.15, -0.1) is 0 Å². The van der Waals surface area contributed by atoms with Crippen molar-refractivity contribution in [3.63, 3.8) is 0 Å². The first kappa shape index (κ1) is 16.5. The lowest BCUT2D eigenvalue weighted by molar-refractivity contribution is -0.131. The quantitative estimate of drug-likeness (QED) is 0.908. The van der Waals surface area contributed by atoms with Gasteiger partial charge in [0.15, 0.2) is 0 Å². The zero-order valence-electron chi connectivity index (χ0n) is 14.1. The number of aryl methyl sites for hydroxylation is 1. The molecule has 6 nitrogen and oxygen atoms in total. The standard InChI is InChI=1S/C18H24N4O2/c1-14-6-5-10-22-13-15(20-18(14)22)12-16(23)19-8-11-21-9-4-2-3-7-17(21)24/h5-6,10,13H,2-4,7-9,11-12H2,1H3,(H,19,23). The Balaban J connectivity index is 1.50. The Bertz CT molecular complexity index is 738. The monoisotopic (exact) mass is 328 g/mol. The lowest BCUT2D eigenvalue weighted by Gasteiger charge is -2.20. The topological polar surface area (TPSA) is 66.7 Å². The van der Waals surface area contributed by atoms with Crippen molar-refractivity contribution in [2.24, 2.45) is 0 Å². The predicted molar refractivity (Wildman–Crippen MR) is 91.7 cm³/mol. The van der Waals surface area contributed by atoms with Crippen molar-refractivity contribution < 1.29 is 9.59 Å². The molecule has 0 aromatic carbocycles. The third-order valence-electron chi connectivity index (χ3n) is 4.44. The summed E-state index contributed by atoms with van der Waals surface area (Å²) < 4.78 is 1.94. The molecule has 3 heterocycles. The number of likely N-dealkylation sites (tertiary alicyclic amines) is 1. The van der Waals surface area contributed by atoms with E-state index in [4.69, 9.17) is 0 Å². The highest BCUT2D eigenvalue weighted by atomic mass is 16.2. The van der Waals surface area contributed by atoms with Crippen LogP contribution in [0.1, 0.15) is 36.9 Å². The van der Waals surface area contributed by atoms with Gasteiger partial charge in [-0.2, -0.15) is 0 Å². The molecule has 0 unspecified atom stereocenters. The molecule has 0 radical (unpaired) electrons. The molecule has 1 fully saturated rings. The lowest BCUT2D eigenvalue weighted by atomic mass is 10.2. The fraction of sp³-hybridized carbons (Fsp3) is 0.500. The Morgan fingerprint density at radius 1 is 1.33 bits per heavy atom. The second-order valence-electron chi connectivity index (χ2n) is 6.37. The van der Waals surface area contributed by atoms with Gasteiger partial charge in [0.2, 0.25) is 11.8 Å². The number of nitrogens with zero attached hydrogens (tertiary/aromatic N) is 3. The molecule has 1 N–H and O–H groups in total. The van der Waals surface area contributed by atoms with Crippen molar-refractivity contribution in [1.29, 1.82) is 0 Å². The van der Waals surface area contributed by atoms with Crippen LogP contribution in [0.25, 0.3) is 5.65 Å². The Hall–Kier alpha value is -2.37. The maximum absolute atomic E-state index is 12.1. The second-order valence-corrected chi connectivity index (χ2v) is 6.37. The summed E-state index contributed by atoms with van der Waals surface area (Å²) in [4.78, 5) is 30.4. The molecule has 2 aromatic heterocycles. The maximum atomic E-state index is 12.1. The first-order valence-corrected chi connectivity index (χ1v) is 8.61. The second kappa shape index (κ2) is 7.47. The zero-order valence-corrected chi connectivity index (χ0v) is 14.1. The Labute approximate surface area is 141 Å². The maximum Gasteiger partial charge on any atom is 0.226 e. The van der Waals surface area contributed by atoms with Crippen molar-refractivity contribution in [1.82, 2.24) is 19.6 Å². The number of aromatic nitrogens is 2. The van der Waals surface area contributed by atoms with Gasteiger partial charge < -0.3 is 14.6 Å². The molecular weight excluding hydrogens is 304 g/mol. The summed E-state index contributed by atoms with van der Waals surface area (Å²) in [5.41, 5.74) is 2.73. The van der Waals surface area contributed by atoms with Crippen LogP contribution in [0.2, 0.25) is 0 Å². The molecule has 1 aliphatic heterocycles. The van der Waals surface area contributed by atoms with Crippen LogP contribution in [0.5, 0.6) is 0 Å². The van der Waals surface area contributed by atoms with E-state index in [1.165, 1.54) is 0 Å². The Kier molecular flexibility index (Phi) is 5.13. The van der Waals surface area contributed by atoms with Gasteiger partial charge in [-0.05, 0) is 31.4 Å². The summed E-state index contributed by atoms with van der Waals surface area (Å²) in [5.74, 6) is 0.149. The zero-order chi connectivity index (χ0) is 16.9. The van der Waals surface area contributed by atoms with Crippen molar-refractivity contribution >= 4 is 17.5 Å². The molecule has 2 aromatic rings. The molecule has 0 saturated carbocycles. The average Bonchev–Trinajstić information content (AvgIpc) is 2.85. The van der Waals surface area contributed by atoms with Gasteiger partial charge in [0, 0.05) is 38.4 Å². The van der Waals surface area contributed by atoms with Gasteiger partial charge in [0.1, 0.15) is 5.65 Å². The van der Waals surface area contributed by atoms with E-state index in [9.17, 15) is 9.59 Å². The number of rotatable bonds is 5. The number of carbonyl (C=O) groups is 2. The summed E-state index contributed by atoms with van der Waals surface area (Å²) in [7, 11) is 0. The highest BCUT2D eigenvalue weighted by Gasteiger charge is 2.16. The van der Waals surface area contributed by atoms with E-state index in [0.29, 0.717) is 19.5 Å². The number of pyridine rings is 1. The van der Waals surface area contributed by atoms with Crippen LogP contribution in [0.3, 0.4) is 0 Å². The molecule has 24 heavy (non-hydrogen) atoms. The number of amides is 2. The smallest absolute Gasteiger partial charge is 0.226 e. The van der Waals surface area contributed by atoms with Crippen LogP contribution in [0.4, 0.5) is 0 Å². The first-order valence-electron chi connectivity index (χ1n) is 8.61. The number of fused-ring (bicyclic) bond motifs is 1. The fourth-order valence-electron chi connectivity index (χ4n) is 3.12. The van der Waals surface area contributed by atoms with E-state index < -0.39 is 0 Å². The minimum Gasteiger partial charge on any atom is -0.354 e. The highest BCUT2D eigenvalue weighted by Crippen LogP contribution is 2.11. The number of nitrogens with one attached hydrogen (secondary N) is 1. The summed E-state index contributed by atoms with van der Waals surface area (Å²) in [6.07, 6.45) is 7.86. The molecule has 1 aliphatic rings. The molecule has 1 saturated heterocycles. The van der Waals surface area contributed by atoms with E-state index in [1.807, 2.05) is 40.8 Å². The molecular formula is C18H24N4O2. The van der Waals surface area contributed by atoms with Crippen molar-refractivity contribution in [3.05, 3.63) is 35.8 Å². The van der Waals surface area contributed by atoms with E-state index in [1.54, 1.807) is 0 Å². The van der Waals surface area contributed by atoms with Gasteiger partial charge in [-0.25, -0.2) is 4.98 Å². The summed E-state index contributed by atoms with van der Waals surface area (Å²) in [6.45, 7) is 3.90. The van der Waals surface area contributed by atoms with Gasteiger partial charge in [0.05, 0.1) is 12.1 Å². The minimum atomic E-state index is -0.0571. The van der Waals surface area contributed by atoms with Gasteiger partial charge >= 0.3 is 0 Å². The van der Waals surface area contributed by atoms with E-state index in [0.717, 1.165) is 42.7 Å². The third-order valence-corrected chi connectivity index (χ3v) is 4.44. The minimum absolute atomic E-state index is 0.0571. The van der Waals surface area contributed by atoms with Crippen LogP contribution in [0.15, 0.2) is 24.5 Å². The van der Waals surface area contributed by atoms with Gasteiger partial charge in [-0.1, -0.05) is 12.5 Å². The lowest BCUT2D eigenvalue weighted by Crippen LogP contribution is -2.38. The Morgan fingerprint density at radius 2 is 2.21 bits per heavy atom. The Morgan fingerprint density at radius 3 is 3.04 bits per heavy atom. The molecule has 0 bridgehead atoms. The largest absolute Gasteiger partial charge is 0.354 e. The van der Waals surface area contributed by atoms with Crippen molar-refractivity contribution in [2.75, 3.05) is 19.6 Å². The van der Waals surface area contributed by atoms with E-state index >= 15 is 0 Å². The van der Waals surface area contributed by atoms with Crippen LogP contribution >= 0.6 is 0 Å². The highest BCUT2D eigenvalue weighted by molar-refractivity contribution is 5.79. The summed E-state index contributed by atoms with van der Waals surface area (Å²) in [6, 6.07) is 3.97. The molecule has 0 aliphatic carbocycles. The molecule has 128 valence electrons.